The van der Waals surface area contributed by atoms with E-state index in [-0.39, 0.29) is 17.9 Å². The summed E-state index contributed by atoms with van der Waals surface area (Å²) in [6, 6.07) is 3.13. The molecule has 1 aromatic rings. The Morgan fingerprint density at radius 3 is 2.59 bits per heavy atom. The molecule has 0 spiro atoms. The van der Waals surface area contributed by atoms with Crippen LogP contribution in [0, 0.1) is 10.1 Å². The van der Waals surface area contributed by atoms with E-state index in [4.69, 9.17) is 9.84 Å². The third kappa shape index (κ3) is 4.42. The molecule has 0 bridgehead atoms. The average Bonchev–Trinajstić information content (AvgIpc) is 2.52. The Hall–Kier alpha value is -2.68. The van der Waals surface area contributed by atoms with Crippen molar-refractivity contribution >= 4 is 17.6 Å². The van der Waals surface area contributed by atoms with Crippen LogP contribution in [0.15, 0.2) is 18.2 Å². The minimum absolute atomic E-state index is 0.0246. The molecule has 0 saturated carbocycles. The number of esters is 1. The first kappa shape index (κ1) is 17.4. The summed E-state index contributed by atoms with van der Waals surface area (Å²) in [4.78, 5) is 33.2. The number of nitro groups is 1. The van der Waals surface area contributed by atoms with Gasteiger partial charge in [0, 0.05) is 12.5 Å². The fourth-order valence-corrected chi connectivity index (χ4v) is 1.82. The molecular formula is C13H16N2O7. The van der Waals surface area contributed by atoms with Gasteiger partial charge in [-0.05, 0) is 11.6 Å². The zero-order valence-corrected chi connectivity index (χ0v) is 12.1. The van der Waals surface area contributed by atoms with Gasteiger partial charge in [0.15, 0.2) is 5.75 Å². The Bertz CT molecular complexity index is 574. The van der Waals surface area contributed by atoms with Crippen molar-refractivity contribution in [3.63, 3.8) is 0 Å². The van der Waals surface area contributed by atoms with Crippen molar-refractivity contribution in [2.24, 2.45) is 0 Å². The van der Waals surface area contributed by atoms with Crippen LogP contribution >= 0.6 is 0 Å². The van der Waals surface area contributed by atoms with Crippen LogP contribution in [0.1, 0.15) is 5.56 Å². The molecule has 0 fully saturated rings. The van der Waals surface area contributed by atoms with Crippen LogP contribution in [0.4, 0.5) is 5.69 Å². The Labute approximate surface area is 126 Å². The normalized spacial score (nSPS) is 11.4. The highest BCUT2D eigenvalue weighted by molar-refractivity contribution is 5.85. The molecule has 1 aromatic carbocycles. The van der Waals surface area contributed by atoms with Gasteiger partial charge >= 0.3 is 11.7 Å². The monoisotopic (exact) mass is 312 g/mol. The smallest absolute Gasteiger partial charge is 0.328 e. The number of rotatable bonds is 7. The highest BCUT2D eigenvalue weighted by atomic mass is 16.6. The molecule has 0 aliphatic carbocycles. The SMILES string of the molecule is COC(=O)[C@@H](Cc1ccc(OC)c([N+](=O)[O-])c1)NC(=O)CO. The highest BCUT2D eigenvalue weighted by Gasteiger charge is 2.23. The Morgan fingerprint density at radius 1 is 1.41 bits per heavy atom. The number of aliphatic hydroxyl groups is 1. The number of aliphatic hydroxyl groups excluding tert-OH is 1. The van der Waals surface area contributed by atoms with E-state index in [9.17, 15) is 19.7 Å². The van der Waals surface area contributed by atoms with Crippen LogP contribution in [-0.4, -0.2) is 48.8 Å². The molecule has 0 heterocycles. The van der Waals surface area contributed by atoms with E-state index in [1.807, 2.05) is 0 Å². The maximum Gasteiger partial charge on any atom is 0.328 e. The topological polar surface area (TPSA) is 128 Å². The number of nitrogens with zero attached hydrogens (tertiary/aromatic N) is 1. The summed E-state index contributed by atoms with van der Waals surface area (Å²) < 4.78 is 9.44. The third-order valence-electron chi connectivity index (χ3n) is 2.84. The maximum atomic E-state index is 11.6. The molecule has 0 aromatic heterocycles. The van der Waals surface area contributed by atoms with Crippen molar-refractivity contribution in [3.05, 3.63) is 33.9 Å². The standard InChI is InChI=1S/C13H16N2O7/c1-21-11-4-3-8(6-10(11)15(19)20)5-9(13(18)22-2)14-12(17)7-16/h3-4,6,9,16H,5,7H2,1-2H3,(H,14,17)/t9-/m1/s1. The lowest BCUT2D eigenvalue weighted by Gasteiger charge is -2.16. The number of amides is 1. The number of nitrogens with one attached hydrogen (secondary N) is 1. The van der Waals surface area contributed by atoms with Crippen LogP contribution in [0.25, 0.3) is 0 Å². The fourth-order valence-electron chi connectivity index (χ4n) is 1.82. The minimum Gasteiger partial charge on any atom is -0.490 e. The van der Waals surface area contributed by atoms with Crippen molar-refractivity contribution in [1.82, 2.24) is 5.32 Å². The van der Waals surface area contributed by atoms with Crippen LogP contribution in [0.2, 0.25) is 0 Å². The molecule has 2 N–H and O–H groups in total. The summed E-state index contributed by atoms with van der Waals surface area (Å²) in [6.07, 6.45) is -0.0246. The molecule has 1 rings (SSSR count). The predicted molar refractivity (Wildman–Crippen MR) is 74.4 cm³/mol. The molecule has 0 saturated heterocycles. The predicted octanol–water partition coefficient (Wildman–Crippen LogP) is -0.204. The number of carbonyl (C=O) groups is 2. The first-order valence-corrected chi connectivity index (χ1v) is 6.22. The lowest BCUT2D eigenvalue weighted by molar-refractivity contribution is -0.385. The van der Waals surface area contributed by atoms with Gasteiger partial charge in [-0.25, -0.2) is 4.79 Å². The first-order chi connectivity index (χ1) is 10.4. The van der Waals surface area contributed by atoms with Gasteiger partial charge in [-0.1, -0.05) is 6.07 Å². The Kier molecular flexibility index (Phi) is 6.26. The third-order valence-corrected chi connectivity index (χ3v) is 2.84. The first-order valence-electron chi connectivity index (χ1n) is 6.22. The fraction of sp³-hybridized carbons (Fsp3) is 0.385. The summed E-state index contributed by atoms with van der Waals surface area (Å²) >= 11 is 0. The Balaban J connectivity index is 3.02. The van der Waals surface area contributed by atoms with Crippen LogP contribution < -0.4 is 10.1 Å². The minimum atomic E-state index is -1.06. The number of nitro benzene ring substituents is 1. The second-order valence-corrected chi connectivity index (χ2v) is 4.27. The zero-order valence-electron chi connectivity index (χ0n) is 12.1. The van der Waals surface area contributed by atoms with E-state index in [1.165, 1.54) is 25.3 Å². The molecule has 0 aliphatic rings. The van der Waals surface area contributed by atoms with Crippen molar-refractivity contribution < 1.29 is 29.1 Å². The number of ether oxygens (including phenoxy) is 2. The molecular weight excluding hydrogens is 296 g/mol. The largest absolute Gasteiger partial charge is 0.490 e. The molecule has 22 heavy (non-hydrogen) atoms. The van der Waals surface area contributed by atoms with Gasteiger partial charge < -0.3 is 19.9 Å². The summed E-state index contributed by atoms with van der Waals surface area (Å²) in [6.45, 7) is -0.781. The van der Waals surface area contributed by atoms with Gasteiger partial charge in [0.1, 0.15) is 12.6 Å². The summed E-state index contributed by atoms with van der Waals surface area (Å²) in [5.74, 6) is -1.39. The lowest BCUT2D eigenvalue weighted by atomic mass is 10.0. The summed E-state index contributed by atoms with van der Waals surface area (Å²) in [5.41, 5.74) is 0.179. The van der Waals surface area contributed by atoms with E-state index < -0.39 is 29.4 Å². The molecule has 9 nitrogen and oxygen atoms in total. The van der Waals surface area contributed by atoms with E-state index in [0.29, 0.717) is 5.56 Å². The number of methoxy groups -OCH3 is 2. The van der Waals surface area contributed by atoms with Gasteiger partial charge in [-0.2, -0.15) is 0 Å². The number of hydrogen-bond donors (Lipinski definition) is 2. The van der Waals surface area contributed by atoms with Gasteiger partial charge in [0.2, 0.25) is 5.91 Å². The van der Waals surface area contributed by atoms with Gasteiger partial charge in [0.25, 0.3) is 0 Å². The summed E-state index contributed by atoms with van der Waals surface area (Å²) in [5, 5.41) is 22.0. The van der Waals surface area contributed by atoms with Gasteiger partial charge in [-0.15, -0.1) is 0 Å². The van der Waals surface area contributed by atoms with Gasteiger partial charge in [-0.3, -0.25) is 14.9 Å². The Morgan fingerprint density at radius 2 is 2.09 bits per heavy atom. The van der Waals surface area contributed by atoms with Crippen molar-refractivity contribution in [2.45, 2.75) is 12.5 Å². The quantitative estimate of drug-likeness (QED) is 0.405. The van der Waals surface area contributed by atoms with Crippen LogP contribution in [0.3, 0.4) is 0 Å². The van der Waals surface area contributed by atoms with Gasteiger partial charge in [0.05, 0.1) is 19.1 Å². The van der Waals surface area contributed by atoms with E-state index in [1.54, 1.807) is 0 Å². The number of benzene rings is 1. The number of hydrogen-bond acceptors (Lipinski definition) is 7. The van der Waals surface area contributed by atoms with Crippen molar-refractivity contribution in [3.8, 4) is 5.75 Å². The highest BCUT2D eigenvalue weighted by Crippen LogP contribution is 2.28. The molecule has 9 heteroatoms. The van der Waals surface area contributed by atoms with E-state index in [2.05, 4.69) is 10.1 Å². The molecule has 1 atom stereocenters. The second-order valence-electron chi connectivity index (χ2n) is 4.27. The second kappa shape index (κ2) is 7.93. The maximum absolute atomic E-state index is 11.6. The average molecular weight is 312 g/mol. The molecule has 0 aliphatic heterocycles. The zero-order chi connectivity index (χ0) is 16.7. The molecule has 0 radical (unpaired) electrons. The van der Waals surface area contributed by atoms with E-state index in [0.717, 1.165) is 7.11 Å². The number of carbonyl (C=O) groups excluding carboxylic acids is 2. The summed E-state index contributed by atoms with van der Waals surface area (Å²) in [7, 11) is 2.46. The van der Waals surface area contributed by atoms with Crippen molar-refractivity contribution in [1.29, 1.82) is 0 Å². The van der Waals surface area contributed by atoms with Crippen molar-refractivity contribution in [2.75, 3.05) is 20.8 Å². The van der Waals surface area contributed by atoms with E-state index >= 15 is 0 Å². The molecule has 1 amide bonds. The molecule has 120 valence electrons. The lowest BCUT2D eigenvalue weighted by Crippen LogP contribution is -2.44. The van der Waals surface area contributed by atoms with Crippen LogP contribution in [0.5, 0.6) is 5.75 Å². The van der Waals surface area contributed by atoms with Crippen LogP contribution in [-0.2, 0) is 20.7 Å². The molecule has 0 unspecified atom stereocenters.